The summed E-state index contributed by atoms with van der Waals surface area (Å²) in [6.45, 7) is 0. The molecule has 0 radical (unpaired) electrons. The van der Waals surface area contributed by atoms with Gasteiger partial charge < -0.3 is 14.8 Å². The summed E-state index contributed by atoms with van der Waals surface area (Å²) in [6, 6.07) is 5.95. The van der Waals surface area contributed by atoms with Crippen LogP contribution in [0.3, 0.4) is 0 Å². The van der Waals surface area contributed by atoms with E-state index in [1.807, 2.05) is 24.3 Å². The van der Waals surface area contributed by atoms with Gasteiger partial charge in [0.2, 0.25) is 0 Å². The predicted molar refractivity (Wildman–Crippen MR) is 92.9 cm³/mol. The van der Waals surface area contributed by atoms with Crippen LogP contribution in [-0.2, 0) is 4.79 Å². The van der Waals surface area contributed by atoms with Crippen molar-refractivity contribution < 1.29 is 14.3 Å². The number of amidine groups is 1. The number of ether oxygens (including phenoxy) is 2. The van der Waals surface area contributed by atoms with E-state index >= 15 is 0 Å². The molecule has 0 bridgehead atoms. The smallest absolute Gasteiger partial charge is 0.264 e. The number of aliphatic imine (C=N–C) groups is 1. The number of hydrogen-bond donors (Lipinski definition) is 1. The third kappa shape index (κ3) is 3.52. The van der Waals surface area contributed by atoms with E-state index < -0.39 is 0 Å². The quantitative estimate of drug-likeness (QED) is 0.860. The molecule has 1 heterocycles. The number of benzene rings is 1. The summed E-state index contributed by atoms with van der Waals surface area (Å²) in [5.74, 6) is 1.15. The van der Waals surface area contributed by atoms with Gasteiger partial charge in [0.1, 0.15) is 0 Å². The number of nitrogens with one attached hydrogen (secondary N) is 1. The highest BCUT2D eigenvalue weighted by molar-refractivity contribution is 8.18. The van der Waals surface area contributed by atoms with E-state index in [-0.39, 0.29) is 5.91 Å². The topological polar surface area (TPSA) is 59.9 Å². The minimum absolute atomic E-state index is 0.114. The third-order valence-electron chi connectivity index (χ3n) is 4.00. The second-order valence-corrected chi connectivity index (χ2v) is 6.55. The second-order valence-electron chi connectivity index (χ2n) is 5.52. The molecule has 0 atom stereocenters. The lowest BCUT2D eigenvalue weighted by atomic mass is 10.1. The molecular weight excluding hydrogens is 312 g/mol. The van der Waals surface area contributed by atoms with Gasteiger partial charge in [-0.1, -0.05) is 25.0 Å². The van der Waals surface area contributed by atoms with Gasteiger partial charge in [-0.05, 0) is 36.7 Å². The molecule has 1 saturated carbocycles. The molecule has 1 aliphatic carbocycles. The summed E-state index contributed by atoms with van der Waals surface area (Å²) in [7, 11) is 3.19. The van der Waals surface area contributed by atoms with Crippen molar-refractivity contribution in [1.29, 1.82) is 0 Å². The van der Waals surface area contributed by atoms with E-state index in [2.05, 4.69) is 10.3 Å². The number of rotatable bonds is 4. The van der Waals surface area contributed by atoms with Crippen LogP contribution in [0.25, 0.3) is 6.08 Å². The van der Waals surface area contributed by atoms with Crippen molar-refractivity contribution in [3.05, 3.63) is 28.7 Å². The zero-order chi connectivity index (χ0) is 16.2. The predicted octanol–water partition coefficient (Wildman–Crippen LogP) is 3.21. The first-order chi connectivity index (χ1) is 11.2. The van der Waals surface area contributed by atoms with Crippen molar-refractivity contribution in [2.45, 2.75) is 31.7 Å². The minimum atomic E-state index is -0.114. The van der Waals surface area contributed by atoms with Crippen molar-refractivity contribution in [1.82, 2.24) is 5.32 Å². The Kier molecular flexibility index (Phi) is 4.91. The average Bonchev–Trinajstić information content (AvgIpc) is 3.17. The fourth-order valence-electron chi connectivity index (χ4n) is 2.85. The largest absolute Gasteiger partial charge is 0.493 e. The van der Waals surface area contributed by atoms with Crippen LogP contribution in [0.5, 0.6) is 11.5 Å². The van der Waals surface area contributed by atoms with Crippen molar-refractivity contribution in [3.8, 4) is 11.5 Å². The molecule has 1 aromatic carbocycles. The summed E-state index contributed by atoms with van der Waals surface area (Å²) in [6.07, 6.45) is 6.50. The summed E-state index contributed by atoms with van der Waals surface area (Å²) in [5.41, 5.74) is 0.812. The van der Waals surface area contributed by atoms with Gasteiger partial charge in [0, 0.05) is 5.56 Å². The number of carbonyl (C=O) groups is 1. The summed E-state index contributed by atoms with van der Waals surface area (Å²) in [5, 5.41) is 3.55. The monoisotopic (exact) mass is 332 g/mol. The molecule has 5 nitrogen and oxygen atoms in total. The number of para-hydroxylation sites is 1. The van der Waals surface area contributed by atoms with E-state index in [0.29, 0.717) is 27.6 Å². The molecule has 122 valence electrons. The lowest BCUT2D eigenvalue weighted by molar-refractivity contribution is -0.115. The highest BCUT2D eigenvalue weighted by Gasteiger charge is 2.26. The number of thioether (sulfide) groups is 1. The Hall–Kier alpha value is -1.95. The molecule has 2 aliphatic rings. The van der Waals surface area contributed by atoms with Crippen molar-refractivity contribution >= 4 is 28.9 Å². The van der Waals surface area contributed by atoms with Crippen LogP contribution in [0, 0.1) is 0 Å². The second kappa shape index (κ2) is 7.08. The maximum Gasteiger partial charge on any atom is 0.264 e. The molecule has 1 aromatic rings. The van der Waals surface area contributed by atoms with E-state index in [0.717, 1.165) is 18.4 Å². The molecule has 1 aliphatic heterocycles. The number of carbonyl (C=O) groups excluding carboxylic acids is 1. The van der Waals surface area contributed by atoms with Crippen LogP contribution in [-0.4, -0.2) is 31.3 Å². The maximum absolute atomic E-state index is 12.2. The molecule has 0 spiro atoms. The number of hydrogen-bond acceptors (Lipinski definition) is 5. The molecule has 6 heteroatoms. The van der Waals surface area contributed by atoms with Crippen LogP contribution >= 0.6 is 11.8 Å². The van der Waals surface area contributed by atoms with Crippen molar-refractivity contribution in [3.63, 3.8) is 0 Å². The van der Waals surface area contributed by atoms with E-state index in [4.69, 9.17) is 9.47 Å². The van der Waals surface area contributed by atoms with Crippen LogP contribution in [0.2, 0.25) is 0 Å². The summed E-state index contributed by atoms with van der Waals surface area (Å²) in [4.78, 5) is 17.4. The Labute approximate surface area is 140 Å². The first kappa shape index (κ1) is 15.9. The number of amides is 1. The molecule has 0 aromatic heterocycles. The van der Waals surface area contributed by atoms with Gasteiger partial charge in [-0.15, -0.1) is 0 Å². The van der Waals surface area contributed by atoms with Gasteiger partial charge in [-0.3, -0.25) is 9.79 Å². The molecule has 23 heavy (non-hydrogen) atoms. The van der Waals surface area contributed by atoms with Crippen molar-refractivity contribution in [2.75, 3.05) is 14.2 Å². The molecule has 1 N–H and O–H groups in total. The van der Waals surface area contributed by atoms with Gasteiger partial charge in [0.05, 0.1) is 25.2 Å². The van der Waals surface area contributed by atoms with Gasteiger partial charge in [-0.25, -0.2) is 0 Å². The SMILES string of the molecule is COc1cccc(/C=C2\SC(=NC3CCCC3)NC2=O)c1OC. The van der Waals surface area contributed by atoms with Crippen molar-refractivity contribution in [2.24, 2.45) is 4.99 Å². The third-order valence-corrected chi connectivity index (χ3v) is 4.92. The average molecular weight is 332 g/mol. The lowest BCUT2D eigenvalue weighted by Gasteiger charge is -2.10. The zero-order valence-electron chi connectivity index (χ0n) is 13.3. The highest BCUT2D eigenvalue weighted by atomic mass is 32.2. The molecule has 1 saturated heterocycles. The number of methoxy groups -OCH3 is 2. The lowest BCUT2D eigenvalue weighted by Crippen LogP contribution is -2.21. The van der Waals surface area contributed by atoms with Gasteiger partial charge >= 0.3 is 0 Å². The van der Waals surface area contributed by atoms with Crippen LogP contribution < -0.4 is 14.8 Å². The molecule has 1 amide bonds. The van der Waals surface area contributed by atoms with Crippen LogP contribution in [0.15, 0.2) is 28.1 Å². The highest BCUT2D eigenvalue weighted by Crippen LogP contribution is 2.35. The van der Waals surface area contributed by atoms with E-state index in [1.54, 1.807) is 14.2 Å². The summed E-state index contributed by atoms with van der Waals surface area (Å²) >= 11 is 1.39. The van der Waals surface area contributed by atoms with E-state index in [9.17, 15) is 4.79 Å². The van der Waals surface area contributed by atoms with E-state index in [1.165, 1.54) is 24.6 Å². The Morgan fingerprint density at radius 3 is 2.74 bits per heavy atom. The zero-order valence-corrected chi connectivity index (χ0v) is 14.1. The maximum atomic E-state index is 12.2. The Balaban J connectivity index is 1.84. The molecular formula is C17H20N2O3S. The molecule has 2 fully saturated rings. The minimum Gasteiger partial charge on any atom is -0.493 e. The molecule has 0 unspecified atom stereocenters. The normalized spacial score (nSPS) is 21.9. The van der Waals surface area contributed by atoms with Gasteiger partial charge in [-0.2, -0.15) is 0 Å². The Morgan fingerprint density at radius 1 is 1.26 bits per heavy atom. The summed E-state index contributed by atoms with van der Waals surface area (Å²) < 4.78 is 10.7. The Bertz CT molecular complexity index is 664. The fraction of sp³-hybridized carbons (Fsp3) is 0.412. The first-order valence-corrected chi connectivity index (χ1v) is 8.52. The standard InChI is InChI=1S/C17H20N2O3S/c1-21-13-9-5-6-11(15(13)22-2)10-14-16(20)19-17(23-14)18-12-7-3-4-8-12/h5-6,9-10,12H,3-4,7-8H2,1-2H3,(H,18,19,20)/b14-10-. The fourth-order valence-corrected chi connectivity index (χ4v) is 3.74. The van der Waals surface area contributed by atoms with Gasteiger partial charge in [0.25, 0.3) is 5.91 Å². The van der Waals surface area contributed by atoms with Crippen LogP contribution in [0.4, 0.5) is 0 Å². The Morgan fingerprint density at radius 2 is 2.04 bits per heavy atom. The van der Waals surface area contributed by atoms with Gasteiger partial charge in [0.15, 0.2) is 16.7 Å². The number of nitrogens with zero attached hydrogens (tertiary/aromatic N) is 1. The molecule has 3 rings (SSSR count). The van der Waals surface area contributed by atoms with Crippen LogP contribution in [0.1, 0.15) is 31.2 Å². The first-order valence-electron chi connectivity index (χ1n) is 7.71.